The van der Waals surface area contributed by atoms with E-state index < -0.39 is 5.97 Å². The maximum atomic E-state index is 10.4. The van der Waals surface area contributed by atoms with Crippen LogP contribution >= 0.6 is 0 Å². The third-order valence-corrected chi connectivity index (χ3v) is 1.94. The minimum absolute atomic E-state index is 0.0533. The summed E-state index contributed by atoms with van der Waals surface area (Å²) >= 11 is 0. The summed E-state index contributed by atoms with van der Waals surface area (Å²) in [7, 11) is 0. The lowest BCUT2D eigenvalue weighted by molar-refractivity contribution is -0.137. The van der Waals surface area contributed by atoms with Crippen molar-refractivity contribution in [3.8, 4) is 0 Å². The molecular weight excluding hydrogens is 190 g/mol. The summed E-state index contributed by atoms with van der Waals surface area (Å²) < 4.78 is 0. The summed E-state index contributed by atoms with van der Waals surface area (Å²) in [5.74, 6) is -0.789. The van der Waals surface area contributed by atoms with Gasteiger partial charge in [0, 0.05) is 6.04 Å². The summed E-state index contributed by atoms with van der Waals surface area (Å²) in [5.41, 5.74) is 1.09. The third-order valence-electron chi connectivity index (χ3n) is 1.94. The van der Waals surface area contributed by atoms with Crippen LogP contribution in [-0.2, 0) is 4.79 Å². The monoisotopic (exact) mass is 205 g/mol. The standard InChI is InChI=1S/C12H15NO2/c1-10(9-12(14)15)13-8-7-11-5-3-2-4-6-11/h2-8,10,13H,9H2,1H3,(H,14,15)/b8-7+/t10-/m0/s1. The SMILES string of the molecule is C[C@@H](CC(=O)O)N/C=C/c1ccccc1. The first kappa shape index (κ1) is 11.3. The molecule has 0 aliphatic carbocycles. The smallest absolute Gasteiger partial charge is 0.305 e. The van der Waals surface area contributed by atoms with Crippen LogP contribution in [0.2, 0.25) is 0 Å². The van der Waals surface area contributed by atoms with Crippen LogP contribution in [-0.4, -0.2) is 17.1 Å². The number of hydrogen-bond donors (Lipinski definition) is 2. The van der Waals surface area contributed by atoms with Crippen molar-refractivity contribution in [1.29, 1.82) is 0 Å². The van der Waals surface area contributed by atoms with E-state index in [1.165, 1.54) is 0 Å². The van der Waals surface area contributed by atoms with Gasteiger partial charge in [-0.15, -0.1) is 0 Å². The van der Waals surface area contributed by atoms with Crippen LogP contribution < -0.4 is 5.32 Å². The number of hydrogen-bond acceptors (Lipinski definition) is 2. The number of carboxylic acid groups (broad SMARTS) is 1. The zero-order valence-electron chi connectivity index (χ0n) is 8.68. The second-order valence-corrected chi connectivity index (χ2v) is 3.41. The van der Waals surface area contributed by atoms with E-state index in [9.17, 15) is 4.79 Å². The van der Waals surface area contributed by atoms with Crippen molar-refractivity contribution in [3.63, 3.8) is 0 Å². The molecule has 2 N–H and O–H groups in total. The first-order valence-electron chi connectivity index (χ1n) is 4.88. The molecule has 1 aromatic rings. The molecule has 0 saturated carbocycles. The first-order chi connectivity index (χ1) is 7.18. The number of carbonyl (C=O) groups is 1. The van der Waals surface area contributed by atoms with E-state index in [1.807, 2.05) is 43.3 Å². The van der Waals surface area contributed by atoms with Gasteiger partial charge in [-0.05, 0) is 24.8 Å². The van der Waals surface area contributed by atoms with Gasteiger partial charge >= 0.3 is 5.97 Å². The zero-order valence-corrected chi connectivity index (χ0v) is 8.68. The quantitative estimate of drug-likeness (QED) is 0.774. The number of nitrogens with one attached hydrogen (secondary N) is 1. The molecule has 0 saturated heterocycles. The van der Waals surface area contributed by atoms with Gasteiger partial charge in [-0.2, -0.15) is 0 Å². The molecule has 0 aromatic heterocycles. The molecule has 0 heterocycles. The van der Waals surface area contributed by atoms with Gasteiger partial charge in [-0.3, -0.25) is 4.79 Å². The lowest BCUT2D eigenvalue weighted by atomic mass is 10.2. The van der Waals surface area contributed by atoms with Gasteiger partial charge < -0.3 is 10.4 Å². The molecule has 15 heavy (non-hydrogen) atoms. The Labute approximate surface area is 89.4 Å². The van der Waals surface area contributed by atoms with Crippen molar-refractivity contribution in [1.82, 2.24) is 5.32 Å². The van der Waals surface area contributed by atoms with E-state index in [0.29, 0.717) is 0 Å². The molecule has 0 spiro atoms. The molecule has 0 fully saturated rings. The molecule has 3 heteroatoms. The van der Waals surface area contributed by atoms with Crippen LogP contribution in [0.3, 0.4) is 0 Å². The van der Waals surface area contributed by atoms with Gasteiger partial charge in [0.05, 0.1) is 6.42 Å². The van der Waals surface area contributed by atoms with Crippen molar-refractivity contribution in [3.05, 3.63) is 42.1 Å². The van der Waals surface area contributed by atoms with Crippen LogP contribution in [0.15, 0.2) is 36.5 Å². The van der Waals surface area contributed by atoms with Crippen molar-refractivity contribution in [2.75, 3.05) is 0 Å². The number of rotatable bonds is 5. The second-order valence-electron chi connectivity index (χ2n) is 3.41. The van der Waals surface area contributed by atoms with E-state index >= 15 is 0 Å². The third kappa shape index (κ3) is 4.86. The van der Waals surface area contributed by atoms with Gasteiger partial charge in [0.1, 0.15) is 0 Å². The largest absolute Gasteiger partial charge is 0.481 e. The predicted molar refractivity (Wildman–Crippen MR) is 60.3 cm³/mol. The highest BCUT2D eigenvalue weighted by molar-refractivity contribution is 5.67. The lowest BCUT2D eigenvalue weighted by Crippen LogP contribution is -2.23. The highest BCUT2D eigenvalue weighted by atomic mass is 16.4. The van der Waals surface area contributed by atoms with Gasteiger partial charge in [-0.1, -0.05) is 30.3 Å². The zero-order chi connectivity index (χ0) is 11.1. The van der Waals surface area contributed by atoms with E-state index in [4.69, 9.17) is 5.11 Å². The summed E-state index contributed by atoms with van der Waals surface area (Å²) in [4.78, 5) is 10.4. The highest BCUT2D eigenvalue weighted by Gasteiger charge is 2.03. The fourth-order valence-electron chi connectivity index (χ4n) is 1.19. The molecular formula is C12H15NO2. The molecule has 0 aliphatic heterocycles. The Balaban J connectivity index is 2.37. The Kier molecular flexibility index (Phi) is 4.41. The Hall–Kier alpha value is -1.77. The van der Waals surface area contributed by atoms with Crippen molar-refractivity contribution >= 4 is 12.0 Å². The molecule has 1 rings (SSSR count). The van der Waals surface area contributed by atoms with Crippen LogP contribution in [0.4, 0.5) is 0 Å². The lowest BCUT2D eigenvalue weighted by Gasteiger charge is -2.07. The van der Waals surface area contributed by atoms with Crippen LogP contribution in [0.25, 0.3) is 6.08 Å². The van der Waals surface area contributed by atoms with Gasteiger partial charge in [0.2, 0.25) is 0 Å². The molecule has 0 amide bonds. The molecule has 80 valence electrons. The highest BCUT2D eigenvalue weighted by Crippen LogP contribution is 2.00. The molecule has 1 atom stereocenters. The average molecular weight is 205 g/mol. The number of carboxylic acids is 1. The summed E-state index contributed by atoms with van der Waals surface area (Å²) in [5, 5.41) is 11.5. The molecule has 1 aromatic carbocycles. The Morgan fingerprint density at radius 3 is 2.73 bits per heavy atom. The molecule has 0 aliphatic rings. The normalized spacial score (nSPS) is 12.6. The van der Waals surface area contributed by atoms with Gasteiger partial charge in [-0.25, -0.2) is 0 Å². The van der Waals surface area contributed by atoms with E-state index in [0.717, 1.165) is 5.56 Å². The fraction of sp³-hybridized carbons (Fsp3) is 0.250. The fourth-order valence-corrected chi connectivity index (χ4v) is 1.19. The topological polar surface area (TPSA) is 49.3 Å². The van der Waals surface area contributed by atoms with Gasteiger partial charge in [0.15, 0.2) is 0 Å². The maximum Gasteiger partial charge on any atom is 0.305 e. The minimum Gasteiger partial charge on any atom is -0.481 e. The number of benzene rings is 1. The summed E-state index contributed by atoms with van der Waals surface area (Å²) in [6.45, 7) is 1.84. The maximum absolute atomic E-state index is 10.4. The first-order valence-corrected chi connectivity index (χ1v) is 4.88. The number of aliphatic carboxylic acids is 1. The molecule has 0 bridgehead atoms. The summed E-state index contributed by atoms with van der Waals surface area (Å²) in [6.07, 6.45) is 3.82. The van der Waals surface area contributed by atoms with Crippen LogP contribution in [0, 0.1) is 0 Å². The molecule has 0 unspecified atom stereocenters. The Morgan fingerprint density at radius 2 is 2.13 bits per heavy atom. The Morgan fingerprint density at radius 1 is 1.47 bits per heavy atom. The molecule has 0 radical (unpaired) electrons. The Bertz CT molecular complexity index is 333. The minimum atomic E-state index is -0.789. The second kappa shape index (κ2) is 5.86. The van der Waals surface area contributed by atoms with E-state index in [-0.39, 0.29) is 12.5 Å². The molecule has 3 nitrogen and oxygen atoms in total. The van der Waals surface area contributed by atoms with Crippen molar-refractivity contribution < 1.29 is 9.90 Å². The van der Waals surface area contributed by atoms with Crippen LogP contribution in [0.1, 0.15) is 18.9 Å². The average Bonchev–Trinajstić information content (AvgIpc) is 2.18. The van der Waals surface area contributed by atoms with E-state index in [1.54, 1.807) is 6.20 Å². The van der Waals surface area contributed by atoms with Crippen molar-refractivity contribution in [2.45, 2.75) is 19.4 Å². The summed E-state index contributed by atoms with van der Waals surface area (Å²) in [6, 6.07) is 9.79. The predicted octanol–water partition coefficient (Wildman–Crippen LogP) is 2.11. The van der Waals surface area contributed by atoms with Crippen molar-refractivity contribution in [2.24, 2.45) is 0 Å². The van der Waals surface area contributed by atoms with Crippen LogP contribution in [0.5, 0.6) is 0 Å². The van der Waals surface area contributed by atoms with E-state index in [2.05, 4.69) is 5.32 Å². The van der Waals surface area contributed by atoms with Gasteiger partial charge in [0.25, 0.3) is 0 Å².